The summed E-state index contributed by atoms with van der Waals surface area (Å²) in [7, 11) is 0. The number of fused-ring (bicyclic) bond motifs is 1. The van der Waals surface area contributed by atoms with Gasteiger partial charge in [-0.05, 0) is 46.2 Å². The van der Waals surface area contributed by atoms with Crippen molar-refractivity contribution in [3.05, 3.63) is 118 Å². The number of rotatable bonds is 7. The number of esters is 1. The first kappa shape index (κ1) is 22.3. The van der Waals surface area contributed by atoms with E-state index in [1.54, 1.807) is 24.3 Å². The van der Waals surface area contributed by atoms with Gasteiger partial charge in [-0.3, -0.25) is 14.9 Å². The van der Waals surface area contributed by atoms with Gasteiger partial charge in [0.25, 0.3) is 5.69 Å². The number of carbonyl (C=O) groups excluding carboxylic acids is 2. The predicted octanol–water partition coefficient (Wildman–Crippen LogP) is 4.66. The fraction of sp³-hybridized carbons (Fsp3) is 0.0385. The van der Waals surface area contributed by atoms with E-state index in [0.29, 0.717) is 5.56 Å². The highest BCUT2D eigenvalue weighted by atomic mass is 16.6. The highest BCUT2D eigenvalue weighted by Crippen LogP contribution is 2.19. The minimum Gasteiger partial charge on any atom is -0.423 e. The molecule has 4 rings (SSSR count). The van der Waals surface area contributed by atoms with Gasteiger partial charge in [0.15, 0.2) is 0 Å². The average Bonchev–Trinajstić information content (AvgIpc) is 2.84. The van der Waals surface area contributed by atoms with Crippen LogP contribution in [-0.2, 0) is 11.2 Å². The quantitative estimate of drug-likeness (QED) is 0.144. The van der Waals surface area contributed by atoms with Gasteiger partial charge in [0.2, 0.25) is 5.91 Å². The van der Waals surface area contributed by atoms with E-state index in [4.69, 9.17) is 4.74 Å². The standard InChI is InChI=1S/C26H19N3O5/c30-25(16-21-8-4-7-19-6-1-2-10-24(19)21)28-27-17-18-5-3-9-23(15-18)34-26(31)20-11-13-22(14-12-20)29(32)33/h1-15,17H,16H2,(H,28,30)/b27-17+. The summed E-state index contributed by atoms with van der Waals surface area (Å²) in [6.45, 7) is 0. The average molecular weight is 453 g/mol. The number of nitrogens with zero attached hydrogens (tertiary/aromatic N) is 2. The Morgan fingerprint density at radius 1 is 0.941 bits per heavy atom. The van der Waals surface area contributed by atoms with Crippen molar-refractivity contribution in [2.24, 2.45) is 5.10 Å². The summed E-state index contributed by atoms with van der Waals surface area (Å²) >= 11 is 0. The van der Waals surface area contributed by atoms with Crippen LogP contribution in [0, 0.1) is 10.1 Å². The van der Waals surface area contributed by atoms with Crippen molar-refractivity contribution < 1.29 is 19.2 Å². The number of ether oxygens (including phenoxy) is 1. The molecule has 8 heteroatoms. The van der Waals surface area contributed by atoms with E-state index in [9.17, 15) is 19.7 Å². The van der Waals surface area contributed by atoms with Crippen molar-refractivity contribution in [1.82, 2.24) is 5.43 Å². The molecule has 0 saturated heterocycles. The maximum absolute atomic E-state index is 12.3. The van der Waals surface area contributed by atoms with E-state index in [1.807, 2.05) is 42.5 Å². The Morgan fingerprint density at radius 3 is 2.47 bits per heavy atom. The molecule has 0 saturated carbocycles. The van der Waals surface area contributed by atoms with Crippen LogP contribution in [0.1, 0.15) is 21.5 Å². The fourth-order valence-electron chi connectivity index (χ4n) is 3.38. The van der Waals surface area contributed by atoms with Crippen LogP contribution in [0.3, 0.4) is 0 Å². The van der Waals surface area contributed by atoms with Crippen molar-refractivity contribution in [3.8, 4) is 5.75 Å². The summed E-state index contributed by atoms with van der Waals surface area (Å²) in [6.07, 6.45) is 1.63. The molecule has 0 radical (unpaired) electrons. The van der Waals surface area contributed by atoms with Crippen LogP contribution in [0.4, 0.5) is 5.69 Å². The molecular formula is C26H19N3O5. The number of nitro groups is 1. The van der Waals surface area contributed by atoms with Gasteiger partial charge in [-0.15, -0.1) is 0 Å². The van der Waals surface area contributed by atoms with E-state index in [0.717, 1.165) is 16.3 Å². The highest BCUT2D eigenvalue weighted by molar-refractivity contribution is 5.92. The summed E-state index contributed by atoms with van der Waals surface area (Å²) in [5, 5.41) is 16.8. The molecule has 4 aromatic rings. The normalized spacial score (nSPS) is 10.8. The van der Waals surface area contributed by atoms with Crippen molar-refractivity contribution in [3.63, 3.8) is 0 Å². The Bertz CT molecular complexity index is 1390. The minimum absolute atomic E-state index is 0.114. The van der Waals surface area contributed by atoms with E-state index in [2.05, 4.69) is 10.5 Å². The summed E-state index contributed by atoms with van der Waals surface area (Å²) in [4.78, 5) is 34.8. The number of hydrogen-bond donors (Lipinski definition) is 1. The number of hydrogen-bond acceptors (Lipinski definition) is 6. The molecule has 0 aliphatic rings. The Labute approximate surface area is 194 Å². The van der Waals surface area contributed by atoms with Crippen molar-refractivity contribution in [2.75, 3.05) is 0 Å². The minimum atomic E-state index is -0.646. The Morgan fingerprint density at radius 2 is 1.68 bits per heavy atom. The first-order chi connectivity index (χ1) is 16.5. The number of benzene rings is 4. The fourth-order valence-corrected chi connectivity index (χ4v) is 3.38. The Balaban J connectivity index is 1.36. The third-order valence-electron chi connectivity index (χ3n) is 5.02. The number of amides is 1. The third-order valence-corrected chi connectivity index (χ3v) is 5.02. The van der Waals surface area contributed by atoms with E-state index >= 15 is 0 Å². The largest absolute Gasteiger partial charge is 0.423 e. The summed E-state index contributed by atoms with van der Waals surface area (Å²) in [5.41, 5.74) is 4.10. The second kappa shape index (κ2) is 10.2. The molecule has 168 valence electrons. The number of carbonyl (C=O) groups is 2. The molecule has 1 N–H and O–H groups in total. The van der Waals surface area contributed by atoms with Gasteiger partial charge >= 0.3 is 5.97 Å². The first-order valence-electron chi connectivity index (χ1n) is 10.3. The van der Waals surface area contributed by atoms with Gasteiger partial charge in [-0.2, -0.15) is 5.10 Å². The smallest absolute Gasteiger partial charge is 0.343 e. The lowest BCUT2D eigenvalue weighted by molar-refractivity contribution is -0.384. The van der Waals surface area contributed by atoms with Crippen LogP contribution < -0.4 is 10.2 Å². The predicted molar refractivity (Wildman–Crippen MR) is 128 cm³/mol. The summed E-state index contributed by atoms with van der Waals surface area (Å²) < 4.78 is 5.33. The van der Waals surface area contributed by atoms with Crippen LogP contribution in [-0.4, -0.2) is 23.0 Å². The van der Waals surface area contributed by atoms with Gasteiger partial charge in [0, 0.05) is 12.1 Å². The van der Waals surface area contributed by atoms with E-state index in [1.165, 1.54) is 30.5 Å². The molecule has 1 amide bonds. The number of hydrazone groups is 1. The molecule has 0 spiro atoms. The SMILES string of the molecule is O=C(Cc1cccc2ccccc12)N/N=C/c1cccc(OC(=O)c2ccc([N+](=O)[O-])cc2)c1. The molecule has 0 fully saturated rings. The van der Waals surface area contributed by atoms with Gasteiger partial charge in [0.05, 0.1) is 23.1 Å². The van der Waals surface area contributed by atoms with E-state index in [-0.39, 0.29) is 29.3 Å². The maximum Gasteiger partial charge on any atom is 0.343 e. The van der Waals surface area contributed by atoms with Crippen LogP contribution in [0.5, 0.6) is 5.75 Å². The number of nitrogens with one attached hydrogen (secondary N) is 1. The van der Waals surface area contributed by atoms with Crippen LogP contribution in [0.15, 0.2) is 96.1 Å². The molecule has 0 bridgehead atoms. The monoisotopic (exact) mass is 453 g/mol. The molecule has 0 aliphatic heterocycles. The van der Waals surface area contributed by atoms with Gasteiger partial charge in [-0.25, -0.2) is 10.2 Å². The van der Waals surface area contributed by atoms with Gasteiger partial charge in [0.1, 0.15) is 5.75 Å². The summed E-state index contributed by atoms with van der Waals surface area (Å²) in [5.74, 6) is -0.630. The Hall–Kier alpha value is -4.85. The molecule has 4 aromatic carbocycles. The summed E-state index contributed by atoms with van der Waals surface area (Å²) in [6, 6.07) is 25.4. The highest BCUT2D eigenvalue weighted by Gasteiger charge is 2.12. The number of nitro benzene ring substituents is 1. The van der Waals surface area contributed by atoms with Gasteiger partial charge < -0.3 is 4.74 Å². The van der Waals surface area contributed by atoms with Crippen LogP contribution in [0.2, 0.25) is 0 Å². The zero-order valence-corrected chi connectivity index (χ0v) is 17.9. The lowest BCUT2D eigenvalue weighted by atomic mass is 10.0. The Kier molecular flexibility index (Phi) is 6.69. The van der Waals surface area contributed by atoms with E-state index < -0.39 is 10.9 Å². The molecule has 0 aromatic heterocycles. The lowest BCUT2D eigenvalue weighted by Crippen LogP contribution is -2.19. The maximum atomic E-state index is 12.3. The lowest BCUT2D eigenvalue weighted by Gasteiger charge is -2.06. The van der Waals surface area contributed by atoms with Crippen molar-refractivity contribution in [2.45, 2.75) is 6.42 Å². The zero-order chi connectivity index (χ0) is 23.9. The third kappa shape index (κ3) is 5.49. The van der Waals surface area contributed by atoms with Crippen molar-refractivity contribution in [1.29, 1.82) is 0 Å². The van der Waals surface area contributed by atoms with Crippen LogP contribution in [0.25, 0.3) is 10.8 Å². The molecule has 0 heterocycles. The molecule has 8 nitrogen and oxygen atoms in total. The molecule has 0 unspecified atom stereocenters. The zero-order valence-electron chi connectivity index (χ0n) is 17.9. The molecule has 34 heavy (non-hydrogen) atoms. The topological polar surface area (TPSA) is 111 Å². The molecule has 0 atom stereocenters. The second-order valence-corrected chi connectivity index (χ2v) is 7.37. The van der Waals surface area contributed by atoms with Crippen molar-refractivity contribution >= 4 is 34.6 Å². The molecular weight excluding hydrogens is 434 g/mol. The van der Waals surface area contributed by atoms with Crippen LogP contribution >= 0.6 is 0 Å². The number of non-ortho nitro benzene ring substituents is 1. The first-order valence-corrected chi connectivity index (χ1v) is 10.3. The second-order valence-electron chi connectivity index (χ2n) is 7.37. The molecule has 0 aliphatic carbocycles. The van der Waals surface area contributed by atoms with Gasteiger partial charge in [-0.1, -0.05) is 54.6 Å².